The van der Waals surface area contributed by atoms with Crippen molar-refractivity contribution in [1.82, 2.24) is 0 Å². The van der Waals surface area contributed by atoms with E-state index in [9.17, 15) is 4.79 Å². The summed E-state index contributed by atoms with van der Waals surface area (Å²) in [5, 5.41) is 8.25. The smallest absolute Gasteiger partial charge is 0.303 e. The number of carboxylic acid groups (broad SMARTS) is 1. The highest BCUT2D eigenvalue weighted by Crippen LogP contribution is 1.89. The van der Waals surface area contributed by atoms with Crippen LogP contribution in [0.3, 0.4) is 0 Å². The molecule has 0 aromatic rings. The molecule has 0 spiro atoms. The Bertz CT molecular complexity index is 193. The fourth-order valence-electron chi connectivity index (χ4n) is 0.510. The van der Waals surface area contributed by atoms with E-state index in [0.29, 0.717) is 6.42 Å². The molecule has 2 heteroatoms. The predicted octanol–water partition coefficient (Wildman–Crippen LogP) is 1.82. The summed E-state index contributed by atoms with van der Waals surface area (Å²) in [6.07, 6.45) is 5.06. The van der Waals surface area contributed by atoms with Crippen molar-refractivity contribution in [3.63, 3.8) is 0 Å². The second-order valence-corrected chi connectivity index (χ2v) is 2.01. The average Bonchev–Trinajstić information content (AvgIpc) is 1.96. The highest BCUT2D eigenvalue weighted by atomic mass is 16.4. The zero-order chi connectivity index (χ0) is 8.53. The summed E-state index contributed by atoms with van der Waals surface area (Å²) < 4.78 is 0. The van der Waals surface area contributed by atoms with Crippen molar-refractivity contribution in [2.45, 2.75) is 26.2 Å². The van der Waals surface area contributed by atoms with Gasteiger partial charge in [0, 0.05) is 12.8 Å². The van der Waals surface area contributed by atoms with Crippen LogP contribution in [0.2, 0.25) is 0 Å². The maximum absolute atomic E-state index is 10.0. The van der Waals surface area contributed by atoms with Gasteiger partial charge in [0.05, 0.1) is 0 Å². The summed E-state index contributed by atoms with van der Waals surface area (Å²) in [7, 11) is 0. The first-order valence-electron chi connectivity index (χ1n) is 3.62. The maximum atomic E-state index is 10.0. The lowest BCUT2D eigenvalue weighted by Gasteiger charge is -1.83. The van der Waals surface area contributed by atoms with Gasteiger partial charge in [-0.05, 0) is 12.5 Å². The summed E-state index contributed by atoms with van der Waals surface area (Å²) in [6.45, 7) is 1.97. The third-order valence-electron chi connectivity index (χ3n) is 1.00. The van der Waals surface area contributed by atoms with E-state index in [1.165, 1.54) is 0 Å². The van der Waals surface area contributed by atoms with Crippen LogP contribution < -0.4 is 0 Å². The number of hydrogen-bond acceptors (Lipinski definition) is 1. The molecule has 0 aliphatic carbocycles. The second kappa shape index (κ2) is 6.88. The summed E-state index contributed by atoms with van der Waals surface area (Å²) >= 11 is 0. The Balaban J connectivity index is 3.37. The van der Waals surface area contributed by atoms with Crippen molar-refractivity contribution in [3.8, 4) is 11.8 Å². The Morgan fingerprint density at radius 1 is 1.64 bits per heavy atom. The molecule has 0 rings (SSSR count). The van der Waals surface area contributed by atoms with Crippen molar-refractivity contribution in [2.75, 3.05) is 0 Å². The average molecular weight is 152 g/mol. The van der Waals surface area contributed by atoms with E-state index in [0.717, 1.165) is 6.42 Å². The maximum Gasteiger partial charge on any atom is 0.303 e. The van der Waals surface area contributed by atoms with Crippen molar-refractivity contribution in [2.24, 2.45) is 0 Å². The molecule has 0 saturated carbocycles. The number of allylic oxidation sites excluding steroid dienone is 2. The molecule has 0 radical (unpaired) electrons. The monoisotopic (exact) mass is 152 g/mol. The molecule has 0 aliphatic heterocycles. The van der Waals surface area contributed by atoms with Crippen molar-refractivity contribution < 1.29 is 9.90 Å². The number of carbonyl (C=O) groups is 1. The summed E-state index contributed by atoms with van der Waals surface area (Å²) in [5.74, 6) is 4.87. The first kappa shape index (κ1) is 9.77. The molecule has 1 N–H and O–H groups in total. The van der Waals surface area contributed by atoms with Gasteiger partial charge in [-0.15, -0.1) is 0 Å². The van der Waals surface area contributed by atoms with Crippen LogP contribution in [0, 0.1) is 11.8 Å². The van der Waals surface area contributed by atoms with E-state index in [1.807, 2.05) is 6.92 Å². The summed E-state index contributed by atoms with van der Waals surface area (Å²) in [4.78, 5) is 10.0. The van der Waals surface area contributed by atoms with Gasteiger partial charge in [-0.3, -0.25) is 4.79 Å². The van der Waals surface area contributed by atoms with E-state index >= 15 is 0 Å². The molecule has 0 saturated heterocycles. The Morgan fingerprint density at radius 3 is 2.91 bits per heavy atom. The van der Waals surface area contributed by atoms with Gasteiger partial charge in [0.2, 0.25) is 0 Å². The van der Waals surface area contributed by atoms with Crippen LogP contribution in [0.5, 0.6) is 0 Å². The second-order valence-electron chi connectivity index (χ2n) is 2.01. The highest BCUT2D eigenvalue weighted by Gasteiger charge is 1.90. The van der Waals surface area contributed by atoms with E-state index in [2.05, 4.69) is 11.8 Å². The van der Waals surface area contributed by atoms with Gasteiger partial charge < -0.3 is 5.11 Å². The first-order chi connectivity index (χ1) is 5.27. The molecule has 0 aliphatic rings. The van der Waals surface area contributed by atoms with Crippen LogP contribution in [0.25, 0.3) is 0 Å². The van der Waals surface area contributed by atoms with Gasteiger partial charge in [0.1, 0.15) is 0 Å². The van der Waals surface area contributed by atoms with Crippen molar-refractivity contribution >= 4 is 5.97 Å². The number of carboxylic acids is 1. The van der Waals surface area contributed by atoms with Gasteiger partial charge in [-0.1, -0.05) is 24.8 Å². The topological polar surface area (TPSA) is 37.3 Å². The van der Waals surface area contributed by atoms with Gasteiger partial charge in [-0.2, -0.15) is 0 Å². The molecule has 60 valence electrons. The molecule has 0 aromatic heterocycles. The van der Waals surface area contributed by atoms with Crippen LogP contribution in [0.4, 0.5) is 0 Å². The number of rotatable bonds is 3. The highest BCUT2D eigenvalue weighted by molar-refractivity contribution is 5.66. The molecule has 0 bridgehead atoms. The van der Waals surface area contributed by atoms with E-state index in [1.54, 1.807) is 12.2 Å². The van der Waals surface area contributed by atoms with Gasteiger partial charge in [0.25, 0.3) is 0 Å². The van der Waals surface area contributed by atoms with E-state index in [-0.39, 0.29) is 6.42 Å². The standard InChI is InChI=1S/C9H12O2/c1-2-3-4-5-6-7-8-9(10)11/h5-6H,2,7-8H2,1H3,(H,10,11). The lowest BCUT2D eigenvalue weighted by Crippen LogP contribution is -1.91. The van der Waals surface area contributed by atoms with Gasteiger partial charge >= 0.3 is 5.97 Å². The molecular formula is C9H12O2. The van der Waals surface area contributed by atoms with Gasteiger partial charge in [0.15, 0.2) is 0 Å². The molecule has 0 aromatic carbocycles. The van der Waals surface area contributed by atoms with Crippen LogP contribution in [0.15, 0.2) is 12.2 Å². The Morgan fingerprint density at radius 2 is 2.36 bits per heavy atom. The third kappa shape index (κ3) is 8.77. The first-order valence-corrected chi connectivity index (χ1v) is 3.62. The minimum atomic E-state index is -0.766. The molecule has 2 nitrogen and oxygen atoms in total. The van der Waals surface area contributed by atoms with Gasteiger partial charge in [-0.25, -0.2) is 0 Å². The molecule has 0 amide bonds. The lowest BCUT2D eigenvalue weighted by molar-refractivity contribution is -0.136. The number of aliphatic carboxylic acids is 1. The van der Waals surface area contributed by atoms with Crippen LogP contribution in [-0.4, -0.2) is 11.1 Å². The van der Waals surface area contributed by atoms with Crippen molar-refractivity contribution in [3.05, 3.63) is 12.2 Å². The zero-order valence-corrected chi connectivity index (χ0v) is 6.63. The molecular weight excluding hydrogens is 140 g/mol. The summed E-state index contributed by atoms with van der Waals surface area (Å²) in [5.41, 5.74) is 0. The zero-order valence-electron chi connectivity index (χ0n) is 6.63. The van der Waals surface area contributed by atoms with Crippen LogP contribution in [-0.2, 0) is 4.79 Å². The fraction of sp³-hybridized carbons (Fsp3) is 0.444. The number of hydrogen-bond donors (Lipinski definition) is 1. The fourth-order valence-corrected chi connectivity index (χ4v) is 0.510. The molecule has 0 atom stereocenters. The molecule has 0 fully saturated rings. The largest absolute Gasteiger partial charge is 0.481 e. The van der Waals surface area contributed by atoms with Crippen LogP contribution in [0.1, 0.15) is 26.2 Å². The summed E-state index contributed by atoms with van der Waals surface area (Å²) in [6, 6.07) is 0. The normalized spacial score (nSPS) is 9.18. The molecule has 11 heavy (non-hydrogen) atoms. The molecule has 0 unspecified atom stereocenters. The van der Waals surface area contributed by atoms with E-state index < -0.39 is 5.97 Å². The van der Waals surface area contributed by atoms with E-state index in [4.69, 9.17) is 5.11 Å². The van der Waals surface area contributed by atoms with Crippen LogP contribution >= 0.6 is 0 Å². The third-order valence-corrected chi connectivity index (χ3v) is 1.00. The minimum absolute atomic E-state index is 0.185. The quantitative estimate of drug-likeness (QED) is 0.626. The molecule has 0 heterocycles. The minimum Gasteiger partial charge on any atom is -0.481 e. The Kier molecular flexibility index (Phi) is 6.11. The lowest BCUT2D eigenvalue weighted by atomic mass is 10.3. The Labute approximate surface area is 66.9 Å². The van der Waals surface area contributed by atoms with Crippen molar-refractivity contribution in [1.29, 1.82) is 0 Å². The predicted molar refractivity (Wildman–Crippen MR) is 44.1 cm³/mol. The Hall–Kier alpha value is -1.23. The SMILES string of the molecule is CCC#CC=CCCC(=O)O.